The third-order valence-corrected chi connectivity index (χ3v) is 7.69. The molecule has 0 radical (unpaired) electrons. The predicted octanol–water partition coefficient (Wildman–Crippen LogP) is 2.70. The molecule has 0 spiro atoms. The molecule has 0 aromatic heterocycles. The van der Waals surface area contributed by atoms with Gasteiger partial charge in [-0.15, -0.1) is 0 Å². The molecule has 1 amide bonds. The van der Waals surface area contributed by atoms with Gasteiger partial charge in [0.15, 0.2) is 6.29 Å². The normalized spacial score (nSPS) is 27.2. The van der Waals surface area contributed by atoms with Crippen LogP contribution in [0.15, 0.2) is 0 Å². The maximum atomic E-state index is 12.8. The van der Waals surface area contributed by atoms with Crippen LogP contribution in [0.2, 0.25) is 0 Å². The van der Waals surface area contributed by atoms with Crippen LogP contribution in [0.25, 0.3) is 0 Å². The molecule has 218 valence electrons. The van der Waals surface area contributed by atoms with E-state index in [1.54, 1.807) is 0 Å². The summed E-state index contributed by atoms with van der Waals surface area (Å²) in [6, 6.07) is -0.330. The highest BCUT2D eigenvalue weighted by Gasteiger charge is 2.44. The Morgan fingerprint density at radius 3 is 1.97 bits per heavy atom. The molecule has 1 heterocycles. The van der Waals surface area contributed by atoms with E-state index < -0.39 is 48.3 Å². The van der Waals surface area contributed by atoms with E-state index in [0.717, 1.165) is 12.8 Å². The number of aliphatic hydroxyl groups excluding tert-OH is 4. The van der Waals surface area contributed by atoms with Gasteiger partial charge in [0.05, 0.1) is 30.8 Å². The summed E-state index contributed by atoms with van der Waals surface area (Å²) >= 11 is 0. The Balaban J connectivity index is 2.74. The fourth-order valence-corrected chi connectivity index (χ4v) is 4.47. The number of hydrogen-bond acceptors (Lipinski definition) is 8. The number of ketones is 1. The summed E-state index contributed by atoms with van der Waals surface area (Å²) in [5, 5.41) is 44.7. The van der Waals surface area contributed by atoms with Crippen LogP contribution in [-0.2, 0) is 19.1 Å². The molecule has 37 heavy (non-hydrogen) atoms. The van der Waals surface area contributed by atoms with E-state index in [9.17, 15) is 30.0 Å². The number of aliphatic hydroxyl groups is 4. The minimum Gasteiger partial charge on any atom is -0.393 e. The highest BCUT2D eigenvalue weighted by atomic mass is 16.7. The zero-order chi connectivity index (χ0) is 28.5. The number of carbonyl (C=O) groups excluding carboxylic acids is 2. The maximum absolute atomic E-state index is 12.8. The lowest BCUT2D eigenvalue weighted by atomic mass is 9.85. The molecule has 1 aliphatic rings. The van der Waals surface area contributed by atoms with Crippen LogP contribution in [0.5, 0.6) is 0 Å². The number of amides is 1. The molecule has 0 aromatic rings. The Morgan fingerprint density at radius 1 is 0.919 bits per heavy atom. The summed E-state index contributed by atoms with van der Waals surface area (Å²) in [5.41, 5.74) is -0.538. The van der Waals surface area contributed by atoms with Crippen molar-refractivity contribution in [2.45, 2.75) is 149 Å². The van der Waals surface area contributed by atoms with Crippen molar-refractivity contribution in [3.8, 4) is 0 Å². The Morgan fingerprint density at radius 2 is 1.49 bits per heavy atom. The van der Waals surface area contributed by atoms with Crippen LogP contribution in [0, 0.1) is 17.3 Å². The monoisotopic (exact) mass is 531 g/mol. The lowest BCUT2D eigenvalue weighted by Crippen LogP contribution is -2.44. The van der Waals surface area contributed by atoms with Gasteiger partial charge in [0.25, 0.3) is 0 Å². The molecule has 1 fully saturated rings. The second-order valence-corrected chi connectivity index (χ2v) is 11.9. The lowest BCUT2D eigenvalue weighted by Gasteiger charge is -2.30. The lowest BCUT2D eigenvalue weighted by molar-refractivity contribution is -0.205. The topological polar surface area (TPSA) is 146 Å². The molecule has 0 aliphatic carbocycles. The molecular weight excluding hydrogens is 478 g/mol. The molecule has 1 aliphatic heterocycles. The molecule has 0 bridgehead atoms. The van der Waals surface area contributed by atoms with Gasteiger partial charge in [0.1, 0.15) is 18.0 Å². The van der Waals surface area contributed by atoms with Gasteiger partial charge < -0.3 is 35.2 Å². The standard InChI is InChI=1S/C28H53NO8/c1-9-16(4)20(12-18(30)14-23(32)28(6,7)8)29-24(33)15-19(31)13-22(17(5)10-2)37-27-26(35)25(34)21(11-3)36-27/h16-22,25-27,30-31,34-35H,9-15H2,1-8H3,(H,29,33)/t16-,17-,18-,19-,20-,21-,22-,25?,26?,27-/m0/s1. The van der Waals surface area contributed by atoms with E-state index in [1.165, 1.54) is 0 Å². The Labute approximate surface area is 223 Å². The van der Waals surface area contributed by atoms with Crippen LogP contribution < -0.4 is 5.32 Å². The van der Waals surface area contributed by atoms with Crippen molar-refractivity contribution in [1.82, 2.24) is 5.32 Å². The van der Waals surface area contributed by atoms with Crippen LogP contribution >= 0.6 is 0 Å². The van der Waals surface area contributed by atoms with E-state index in [-0.39, 0.29) is 55.3 Å². The predicted molar refractivity (Wildman–Crippen MR) is 142 cm³/mol. The molecule has 0 aromatic carbocycles. The SMILES string of the molecule is CC[C@@H]1O[C@@H](O[C@@H](C[C@H](O)CC(=O)N[C@@H](C[C@H](O)CC(=O)C(C)(C)C)[C@@H](C)CC)[C@@H](C)CC)C(O)C1O. The Hall–Kier alpha value is -1.10. The van der Waals surface area contributed by atoms with E-state index >= 15 is 0 Å². The first-order valence-electron chi connectivity index (χ1n) is 14.0. The van der Waals surface area contributed by atoms with E-state index in [0.29, 0.717) is 6.42 Å². The minimum absolute atomic E-state index is 0.0229. The number of ether oxygens (including phenoxy) is 2. The average Bonchev–Trinajstić information content (AvgIpc) is 3.09. The van der Waals surface area contributed by atoms with Gasteiger partial charge in [-0.25, -0.2) is 0 Å². The zero-order valence-electron chi connectivity index (χ0n) is 24.1. The first kappa shape index (κ1) is 33.9. The second-order valence-electron chi connectivity index (χ2n) is 11.9. The molecule has 9 nitrogen and oxygen atoms in total. The van der Waals surface area contributed by atoms with Crippen molar-refractivity contribution < 1.29 is 39.5 Å². The van der Waals surface area contributed by atoms with Crippen LogP contribution in [0.4, 0.5) is 0 Å². The molecule has 5 N–H and O–H groups in total. The average molecular weight is 532 g/mol. The summed E-state index contributed by atoms with van der Waals surface area (Å²) in [4.78, 5) is 25.1. The Kier molecular flexibility index (Phi) is 14.2. The Bertz CT molecular complexity index is 696. The van der Waals surface area contributed by atoms with Gasteiger partial charge in [-0.05, 0) is 24.7 Å². The summed E-state index contributed by atoms with van der Waals surface area (Å²) in [6.45, 7) is 15.2. The molecular formula is C28H53NO8. The molecule has 10 atom stereocenters. The third-order valence-electron chi connectivity index (χ3n) is 7.69. The third kappa shape index (κ3) is 10.9. The number of carbonyl (C=O) groups is 2. The molecule has 1 rings (SSSR count). The summed E-state index contributed by atoms with van der Waals surface area (Å²) in [5.74, 6) is -0.270. The fraction of sp³-hybridized carbons (Fsp3) is 0.929. The number of nitrogens with one attached hydrogen (secondary N) is 1. The number of rotatable bonds is 16. The van der Waals surface area contributed by atoms with Gasteiger partial charge in [-0.2, -0.15) is 0 Å². The van der Waals surface area contributed by atoms with Crippen LogP contribution in [0.1, 0.15) is 100 Å². The van der Waals surface area contributed by atoms with E-state index in [1.807, 2.05) is 55.4 Å². The number of hydrogen-bond donors (Lipinski definition) is 5. The molecule has 2 unspecified atom stereocenters. The maximum Gasteiger partial charge on any atom is 0.222 e. The van der Waals surface area contributed by atoms with Crippen molar-refractivity contribution in [1.29, 1.82) is 0 Å². The molecule has 9 heteroatoms. The van der Waals surface area contributed by atoms with Crippen LogP contribution in [0.3, 0.4) is 0 Å². The van der Waals surface area contributed by atoms with Crippen molar-refractivity contribution in [3.63, 3.8) is 0 Å². The summed E-state index contributed by atoms with van der Waals surface area (Å²) in [7, 11) is 0. The van der Waals surface area contributed by atoms with Gasteiger partial charge >= 0.3 is 0 Å². The quantitative estimate of drug-likeness (QED) is 0.204. The second kappa shape index (κ2) is 15.5. The number of Topliss-reactive ketones (excluding diaryl/α,β-unsaturated/α-hetero) is 1. The molecule has 1 saturated heterocycles. The summed E-state index contributed by atoms with van der Waals surface area (Å²) < 4.78 is 11.7. The summed E-state index contributed by atoms with van der Waals surface area (Å²) in [6.07, 6.45) is -3.66. The minimum atomic E-state index is -1.18. The van der Waals surface area contributed by atoms with Gasteiger partial charge in [0, 0.05) is 24.3 Å². The van der Waals surface area contributed by atoms with Gasteiger partial charge in [-0.1, -0.05) is 68.2 Å². The first-order valence-corrected chi connectivity index (χ1v) is 14.0. The van der Waals surface area contributed by atoms with E-state index in [2.05, 4.69) is 5.32 Å². The van der Waals surface area contributed by atoms with Crippen molar-refractivity contribution >= 4 is 11.7 Å². The van der Waals surface area contributed by atoms with Crippen molar-refractivity contribution in [2.24, 2.45) is 17.3 Å². The van der Waals surface area contributed by atoms with Crippen molar-refractivity contribution in [2.75, 3.05) is 0 Å². The van der Waals surface area contributed by atoms with Crippen molar-refractivity contribution in [3.05, 3.63) is 0 Å². The smallest absolute Gasteiger partial charge is 0.222 e. The van der Waals surface area contributed by atoms with Gasteiger partial charge in [0.2, 0.25) is 5.91 Å². The first-order chi connectivity index (χ1) is 17.1. The highest BCUT2D eigenvalue weighted by Crippen LogP contribution is 2.29. The van der Waals surface area contributed by atoms with Gasteiger partial charge in [-0.3, -0.25) is 9.59 Å². The van der Waals surface area contributed by atoms with Crippen LogP contribution in [-0.4, -0.2) is 81.1 Å². The highest BCUT2D eigenvalue weighted by molar-refractivity contribution is 5.84. The van der Waals surface area contributed by atoms with E-state index in [4.69, 9.17) is 9.47 Å². The molecule has 0 saturated carbocycles. The fourth-order valence-electron chi connectivity index (χ4n) is 4.47. The largest absolute Gasteiger partial charge is 0.393 e. The zero-order valence-corrected chi connectivity index (χ0v) is 24.1.